The van der Waals surface area contributed by atoms with E-state index in [1.54, 1.807) is 18.3 Å². The third-order valence-electron chi connectivity index (χ3n) is 7.21. The van der Waals surface area contributed by atoms with E-state index in [1.165, 1.54) is 11.3 Å². The summed E-state index contributed by atoms with van der Waals surface area (Å²) in [5.41, 5.74) is 2.09. The minimum atomic E-state index is -0.851. The van der Waals surface area contributed by atoms with Gasteiger partial charge in [-0.25, -0.2) is 4.98 Å². The number of aromatic nitrogens is 2. The Bertz CT molecular complexity index is 1690. The van der Waals surface area contributed by atoms with Crippen molar-refractivity contribution in [3.8, 4) is 0 Å². The van der Waals surface area contributed by atoms with Crippen molar-refractivity contribution >= 4 is 50.2 Å². The normalized spacial score (nSPS) is 16.7. The van der Waals surface area contributed by atoms with Crippen molar-refractivity contribution in [1.82, 2.24) is 19.8 Å². The highest BCUT2D eigenvalue weighted by molar-refractivity contribution is 7.18. The number of carbonyl (C=O) groups excluding carboxylic acids is 1. The van der Waals surface area contributed by atoms with Crippen molar-refractivity contribution in [2.45, 2.75) is 38.1 Å². The lowest BCUT2D eigenvalue weighted by Crippen LogP contribution is -2.34. The Balaban J connectivity index is 1.20. The summed E-state index contributed by atoms with van der Waals surface area (Å²) in [5.74, 6) is -0.0896. The van der Waals surface area contributed by atoms with Crippen molar-refractivity contribution in [3.05, 3.63) is 97.9 Å². The van der Waals surface area contributed by atoms with Crippen LogP contribution in [0.2, 0.25) is 5.02 Å². The van der Waals surface area contributed by atoms with Gasteiger partial charge in [-0.2, -0.15) is 0 Å². The van der Waals surface area contributed by atoms with Crippen LogP contribution in [0.4, 0.5) is 0 Å². The Morgan fingerprint density at radius 1 is 1.26 bits per heavy atom. The molecule has 1 fully saturated rings. The molecule has 2 aromatic carbocycles. The monoisotopic (exact) mass is 562 g/mol. The highest BCUT2D eigenvalue weighted by Crippen LogP contribution is 2.33. The summed E-state index contributed by atoms with van der Waals surface area (Å²) in [5, 5.41) is 15.1. The Morgan fingerprint density at radius 2 is 2.05 bits per heavy atom. The Kier molecular flexibility index (Phi) is 6.99. The maximum atomic E-state index is 13.3. The van der Waals surface area contributed by atoms with Crippen LogP contribution in [0.25, 0.3) is 21.3 Å². The van der Waals surface area contributed by atoms with Crippen LogP contribution >= 0.6 is 22.9 Å². The molecule has 200 valence electrons. The van der Waals surface area contributed by atoms with Crippen LogP contribution in [0.1, 0.15) is 45.6 Å². The fourth-order valence-electron chi connectivity index (χ4n) is 5.22. The lowest BCUT2D eigenvalue weighted by molar-refractivity contribution is 0.0503. The SMILES string of the molecule is Cn1cc(C(=O)NCc2ccc(Cl)cc2)c(=O)c2cc(CN3CCC[C@@H]3C(O)c3nc4ccccc4o3)sc21. The number of aliphatic hydroxyl groups excluding tert-OH is 1. The van der Waals surface area contributed by atoms with Gasteiger partial charge < -0.3 is 19.4 Å². The Morgan fingerprint density at radius 3 is 2.85 bits per heavy atom. The maximum absolute atomic E-state index is 13.3. The van der Waals surface area contributed by atoms with Crippen LogP contribution in [0, 0.1) is 0 Å². The van der Waals surface area contributed by atoms with E-state index in [0.29, 0.717) is 35.0 Å². The molecule has 8 nitrogen and oxygen atoms in total. The molecule has 1 aliphatic heterocycles. The first kappa shape index (κ1) is 25.8. The molecule has 5 aromatic rings. The van der Waals surface area contributed by atoms with Crippen LogP contribution in [0.5, 0.6) is 0 Å². The molecule has 3 aromatic heterocycles. The number of carbonyl (C=O) groups is 1. The molecule has 1 saturated heterocycles. The number of hydrogen-bond acceptors (Lipinski definition) is 7. The van der Waals surface area contributed by atoms with Crippen molar-refractivity contribution in [1.29, 1.82) is 0 Å². The van der Waals surface area contributed by atoms with E-state index >= 15 is 0 Å². The number of hydrogen-bond donors (Lipinski definition) is 2. The van der Waals surface area contributed by atoms with Gasteiger partial charge in [-0.3, -0.25) is 14.5 Å². The molecule has 10 heteroatoms. The summed E-state index contributed by atoms with van der Waals surface area (Å²) in [6.07, 6.45) is 2.52. The van der Waals surface area contributed by atoms with E-state index in [0.717, 1.165) is 40.2 Å². The van der Waals surface area contributed by atoms with Gasteiger partial charge in [0.2, 0.25) is 11.3 Å². The lowest BCUT2D eigenvalue weighted by atomic mass is 10.1. The number of nitrogens with zero attached hydrogens (tertiary/aromatic N) is 3. The van der Waals surface area contributed by atoms with Crippen LogP contribution < -0.4 is 10.7 Å². The molecule has 1 amide bonds. The summed E-state index contributed by atoms with van der Waals surface area (Å²) in [4.78, 5) is 34.7. The fraction of sp³-hybridized carbons (Fsp3) is 0.276. The summed E-state index contributed by atoms with van der Waals surface area (Å²) in [6.45, 7) is 1.70. The quantitative estimate of drug-likeness (QED) is 0.289. The van der Waals surface area contributed by atoms with Gasteiger partial charge in [0.25, 0.3) is 5.91 Å². The van der Waals surface area contributed by atoms with Crippen molar-refractivity contribution in [2.75, 3.05) is 6.54 Å². The number of amides is 1. The average molecular weight is 563 g/mol. The molecule has 0 bridgehead atoms. The van der Waals surface area contributed by atoms with E-state index in [4.69, 9.17) is 16.0 Å². The Labute approximate surface area is 233 Å². The molecule has 2 N–H and O–H groups in total. The van der Waals surface area contributed by atoms with Gasteiger partial charge in [-0.05, 0) is 55.3 Å². The largest absolute Gasteiger partial charge is 0.438 e. The van der Waals surface area contributed by atoms with Crippen LogP contribution in [-0.2, 0) is 20.1 Å². The zero-order valence-corrected chi connectivity index (χ0v) is 22.8. The van der Waals surface area contributed by atoms with Gasteiger partial charge in [0.05, 0.1) is 5.39 Å². The third kappa shape index (κ3) is 5.10. The molecular weight excluding hydrogens is 536 g/mol. The number of oxazole rings is 1. The highest BCUT2D eigenvalue weighted by Gasteiger charge is 2.34. The molecule has 2 atom stereocenters. The second-order valence-electron chi connectivity index (χ2n) is 9.87. The van der Waals surface area contributed by atoms with E-state index in [1.807, 2.05) is 54.1 Å². The number of thiophene rings is 1. The van der Waals surface area contributed by atoms with Crippen LogP contribution in [0.15, 0.2) is 70.0 Å². The molecule has 0 saturated carbocycles. The summed E-state index contributed by atoms with van der Waals surface area (Å²) >= 11 is 7.46. The standard InChI is InChI=1S/C29H27ClN4O4S/c1-33-16-21(27(37)31-14-17-8-10-18(30)11-9-17)25(35)20-13-19(39-29(20)33)15-34-12-4-6-23(34)26(36)28-32-22-5-2-3-7-24(22)38-28/h2-3,5,7-11,13,16,23,26,36H,4,6,12,14-15H2,1H3,(H,31,37)/t23-,26?/m1/s1. The predicted molar refractivity (Wildman–Crippen MR) is 152 cm³/mol. The van der Waals surface area contributed by atoms with E-state index < -0.39 is 12.0 Å². The lowest BCUT2D eigenvalue weighted by Gasteiger charge is -2.26. The van der Waals surface area contributed by atoms with Gasteiger partial charge in [0, 0.05) is 42.3 Å². The first-order valence-corrected chi connectivity index (χ1v) is 14.0. The number of fused-ring (bicyclic) bond motifs is 2. The number of rotatable bonds is 7. The minimum absolute atomic E-state index is 0.105. The molecule has 39 heavy (non-hydrogen) atoms. The highest BCUT2D eigenvalue weighted by atomic mass is 35.5. The molecule has 0 spiro atoms. The minimum Gasteiger partial charge on any atom is -0.438 e. The number of para-hydroxylation sites is 2. The molecule has 1 aliphatic rings. The van der Waals surface area contributed by atoms with Gasteiger partial charge in [0.1, 0.15) is 22.0 Å². The molecule has 6 rings (SSSR count). The van der Waals surface area contributed by atoms with E-state index in [9.17, 15) is 14.7 Å². The first-order valence-electron chi connectivity index (χ1n) is 12.8. The topological polar surface area (TPSA) is 101 Å². The molecule has 4 heterocycles. The number of halogens is 1. The summed E-state index contributed by atoms with van der Waals surface area (Å²) in [6, 6.07) is 16.4. The smallest absolute Gasteiger partial charge is 0.257 e. The van der Waals surface area contributed by atoms with Gasteiger partial charge in [0.15, 0.2) is 5.58 Å². The van der Waals surface area contributed by atoms with Gasteiger partial charge in [-0.1, -0.05) is 35.9 Å². The van der Waals surface area contributed by atoms with Crippen molar-refractivity contribution < 1.29 is 14.3 Å². The number of nitrogens with one attached hydrogen (secondary N) is 1. The second-order valence-corrected chi connectivity index (χ2v) is 11.4. The van der Waals surface area contributed by atoms with E-state index in [-0.39, 0.29) is 17.0 Å². The summed E-state index contributed by atoms with van der Waals surface area (Å²) in [7, 11) is 1.84. The number of likely N-dealkylation sites (tertiary alicyclic amines) is 1. The number of aryl methyl sites for hydroxylation is 1. The first-order chi connectivity index (χ1) is 18.9. The molecule has 0 aliphatic carbocycles. The number of benzene rings is 2. The predicted octanol–water partition coefficient (Wildman–Crippen LogP) is 5.02. The molecule has 0 radical (unpaired) electrons. The van der Waals surface area contributed by atoms with Crippen molar-refractivity contribution in [3.63, 3.8) is 0 Å². The average Bonchev–Trinajstić information content (AvgIpc) is 3.68. The summed E-state index contributed by atoms with van der Waals surface area (Å²) < 4.78 is 7.67. The number of pyridine rings is 1. The Hall–Kier alpha value is -3.50. The van der Waals surface area contributed by atoms with Crippen LogP contribution in [-0.4, -0.2) is 38.1 Å². The zero-order valence-electron chi connectivity index (χ0n) is 21.3. The molecule has 1 unspecified atom stereocenters. The maximum Gasteiger partial charge on any atom is 0.257 e. The van der Waals surface area contributed by atoms with E-state index in [2.05, 4.69) is 15.2 Å². The number of aliphatic hydroxyl groups is 1. The van der Waals surface area contributed by atoms with Gasteiger partial charge in [-0.15, -0.1) is 11.3 Å². The zero-order chi connectivity index (χ0) is 27.1. The molecular formula is C29H27ClN4O4S. The van der Waals surface area contributed by atoms with Crippen molar-refractivity contribution in [2.24, 2.45) is 7.05 Å². The van der Waals surface area contributed by atoms with Crippen LogP contribution in [0.3, 0.4) is 0 Å². The second kappa shape index (κ2) is 10.6. The third-order valence-corrected chi connectivity index (χ3v) is 8.67. The fourth-order valence-corrected chi connectivity index (χ4v) is 6.46. The van der Waals surface area contributed by atoms with Gasteiger partial charge >= 0.3 is 0 Å².